The van der Waals surface area contributed by atoms with Crippen LogP contribution in [0.4, 0.5) is 0 Å². The van der Waals surface area contributed by atoms with Gasteiger partial charge in [-0.15, -0.1) is 0 Å². The van der Waals surface area contributed by atoms with Crippen molar-refractivity contribution in [3.63, 3.8) is 0 Å². The van der Waals surface area contributed by atoms with Crippen molar-refractivity contribution < 1.29 is 19.5 Å². The van der Waals surface area contributed by atoms with Gasteiger partial charge in [0.05, 0.1) is 0 Å². The second kappa shape index (κ2) is 5.34. The molecule has 0 saturated carbocycles. The lowest BCUT2D eigenvalue weighted by Crippen LogP contribution is -2.39. The first-order valence-electron chi connectivity index (χ1n) is 5.50. The van der Waals surface area contributed by atoms with E-state index < -0.39 is 7.12 Å². The van der Waals surface area contributed by atoms with E-state index in [2.05, 4.69) is 0 Å². The first-order valence-corrected chi connectivity index (χ1v) is 5.50. The molecule has 1 atom stereocenters. The van der Waals surface area contributed by atoms with Crippen LogP contribution in [0.3, 0.4) is 0 Å². The number of hydrogen-bond donors (Lipinski definition) is 2. The smallest absolute Gasteiger partial charge is 0.493 e. The van der Waals surface area contributed by atoms with Gasteiger partial charge in [0.25, 0.3) is 0 Å². The summed E-state index contributed by atoms with van der Waals surface area (Å²) in [7, 11) is -0.997. The Hall–Kier alpha value is -1.04. The summed E-state index contributed by atoms with van der Waals surface area (Å²) >= 11 is 0. The monoisotopic (exact) mass is 222 g/mol. The average molecular weight is 222 g/mol. The molecule has 0 spiro atoms. The molecule has 2 rings (SSSR count). The summed E-state index contributed by atoms with van der Waals surface area (Å²) in [5.74, 6) is 0.171. The second-order valence-corrected chi connectivity index (χ2v) is 3.88. The van der Waals surface area contributed by atoms with Gasteiger partial charge < -0.3 is 19.5 Å². The van der Waals surface area contributed by atoms with Crippen LogP contribution in [0.5, 0.6) is 5.75 Å². The lowest BCUT2D eigenvalue weighted by molar-refractivity contribution is -0.113. The third kappa shape index (κ3) is 2.98. The van der Waals surface area contributed by atoms with Gasteiger partial charge in [0.1, 0.15) is 12.0 Å². The molecule has 1 saturated heterocycles. The summed E-state index contributed by atoms with van der Waals surface area (Å²) in [5.41, 5.74) is 0.618. The summed E-state index contributed by atoms with van der Waals surface area (Å²) in [6.45, 7) is 0.687. The molecule has 5 heteroatoms. The lowest BCUT2D eigenvalue weighted by atomic mass is 9.79. The van der Waals surface area contributed by atoms with Crippen molar-refractivity contribution in [1.82, 2.24) is 0 Å². The molecule has 1 unspecified atom stereocenters. The van der Waals surface area contributed by atoms with Gasteiger partial charge in [-0.05, 0) is 36.9 Å². The topological polar surface area (TPSA) is 58.9 Å². The van der Waals surface area contributed by atoms with Crippen LogP contribution in [0.25, 0.3) is 0 Å². The lowest BCUT2D eigenvalue weighted by Gasteiger charge is -2.24. The number of phenols is 1. The Balaban J connectivity index is 1.91. The Morgan fingerprint density at radius 1 is 1.25 bits per heavy atom. The fraction of sp³-hybridized carbons (Fsp3) is 0.455. The van der Waals surface area contributed by atoms with E-state index in [1.54, 1.807) is 12.1 Å². The molecule has 0 radical (unpaired) electrons. The number of rotatable bonds is 3. The molecule has 1 fully saturated rings. The largest absolute Gasteiger partial charge is 0.508 e. The van der Waals surface area contributed by atoms with Gasteiger partial charge in [-0.1, -0.05) is 12.1 Å². The maximum atomic E-state index is 9.78. The molecule has 2 N–H and O–H groups in total. The highest BCUT2D eigenvalue weighted by Crippen LogP contribution is 2.14. The number of phenolic OH excluding ortho intramolecular Hbond substituents is 1. The van der Waals surface area contributed by atoms with Crippen LogP contribution in [0.1, 0.15) is 19.3 Å². The zero-order valence-electron chi connectivity index (χ0n) is 9.00. The minimum Gasteiger partial charge on any atom is -0.508 e. The standard InChI is InChI=1S/C11H15BO4/c13-10-6-4-9(5-7-10)12(14)16-11-3-1-2-8-15-11/h4-7,11,13-14H,1-3,8H2. The minimum atomic E-state index is -0.997. The predicted molar refractivity (Wildman–Crippen MR) is 60.4 cm³/mol. The number of hydrogen-bond acceptors (Lipinski definition) is 4. The SMILES string of the molecule is OB(OC1CCCCO1)c1ccc(O)cc1. The molecule has 0 aromatic heterocycles. The fourth-order valence-electron chi connectivity index (χ4n) is 1.68. The average Bonchev–Trinajstić information content (AvgIpc) is 2.31. The van der Waals surface area contributed by atoms with Gasteiger partial charge in [-0.2, -0.15) is 0 Å². The van der Waals surface area contributed by atoms with E-state index in [-0.39, 0.29) is 12.0 Å². The van der Waals surface area contributed by atoms with Crippen molar-refractivity contribution in [2.45, 2.75) is 25.6 Å². The molecular weight excluding hydrogens is 207 g/mol. The van der Waals surface area contributed by atoms with E-state index in [4.69, 9.17) is 14.5 Å². The van der Waals surface area contributed by atoms with E-state index in [1.165, 1.54) is 12.1 Å². The zero-order valence-corrected chi connectivity index (χ0v) is 9.00. The molecule has 16 heavy (non-hydrogen) atoms. The van der Waals surface area contributed by atoms with Gasteiger partial charge in [-0.25, -0.2) is 0 Å². The number of ether oxygens (including phenoxy) is 1. The third-order valence-corrected chi connectivity index (χ3v) is 2.60. The molecule has 86 valence electrons. The molecule has 4 nitrogen and oxygen atoms in total. The maximum absolute atomic E-state index is 9.78. The van der Waals surface area contributed by atoms with Crippen LogP contribution >= 0.6 is 0 Å². The molecule has 0 aliphatic carbocycles. The van der Waals surface area contributed by atoms with Gasteiger partial charge in [0, 0.05) is 6.61 Å². The summed E-state index contributed by atoms with van der Waals surface area (Å²) in [6.07, 6.45) is 2.61. The number of aromatic hydroxyl groups is 1. The molecule has 0 amide bonds. The first-order chi connectivity index (χ1) is 7.75. The van der Waals surface area contributed by atoms with Gasteiger partial charge in [-0.3, -0.25) is 0 Å². The van der Waals surface area contributed by atoms with Crippen molar-refractivity contribution in [2.24, 2.45) is 0 Å². The van der Waals surface area contributed by atoms with Crippen LogP contribution in [-0.2, 0) is 9.39 Å². The quantitative estimate of drug-likeness (QED) is 0.736. The summed E-state index contributed by atoms with van der Waals surface area (Å²) in [6, 6.07) is 6.29. The van der Waals surface area contributed by atoms with E-state index in [0.29, 0.717) is 12.1 Å². The molecule has 1 aromatic carbocycles. The van der Waals surface area contributed by atoms with Gasteiger partial charge in [0.15, 0.2) is 0 Å². The molecule has 1 aliphatic heterocycles. The third-order valence-electron chi connectivity index (χ3n) is 2.60. The van der Waals surface area contributed by atoms with Crippen LogP contribution < -0.4 is 5.46 Å². The number of benzene rings is 1. The summed E-state index contributed by atoms with van der Waals surface area (Å²) in [5, 5.41) is 18.9. The Morgan fingerprint density at radius 3 is 2.62 bits per heavy atom. The van der Waals surface area contributed by atoms with Crippen LogP contribution in [0, 0.1) is 0 Å². The molecule has 0 bridgehead atoms. The van der Waals surface area contributed by atoms with E-state index in [9.17, 15) is 5.02 Å². The Morgan fingerprint density at radius 2 is 2.00 bits per heavy atom. The summed E-state index contributed by atoms with van der Waals surface area (Å²) < 4.78 is 10.7. The minimum absolute atomic E-state index is 0.171. The van der Waals surface area contributed by atoms with Crippen LogP contribution in [-0.4, -0.2) is 30.1 Å². The Labute approximate surface area is 95.0 Å². The van der Waals surface area contributed by atoms with Gasteiger partial charge >= 0.3 is 7.12 Å². The van der Waals surface area contributed by atoms with Crippen molar-refractivity contribution in [2.75, 3.05) is 6.61 Å². The van der Waals surface area contributed by atoms with E-state index >= 15 is 0 Å². The molecular formula is C11H15BO4. The van der Waals surface area contributed by atoms with Crippen molar-refractivity contribution in [1.29, 1.82) is 0 Å². The second-order valence-electron chi connectivity index (χ2n) is 3.88. The highest BCUT2D eigenvalue weighted by atomic mass is 16.7. The van der Waals surface area contributed by atoms with Gasteiger partial charge in [0.2, 0.25) is 0 Å². The van der Waals surface area contributed by atoms with Crippen molar-refractivity contribution in [3.05, 3.63) is 24.3 Å². The van der Waals surface area contributed by atoms with Crippen LogP contribution in [0.15, 0.2) is 24.3 Å². The summed E-state index contributed by atoms with van der Waals surface area (Å²) in [4.78, 5) is 0. The van der Waals surface area contributed by atoms with Crippen LogP contribution in [0.2, 0.25) is 0 Å². The highest BCUT2D eigenvalue weighted by molar-refractivity contribution is 6.59. The van der Waals surface area contributed by atoms with E-state index in [1.807, 2.05) is 0 Å². The highest BCUT2D eigenvalue weighted by Gasteiger charge is 2.23. The maximum Gasteiger partial charge on any atom is 0.493 e. The normalized spacial score (nSPS) is 20.7. The first kappa shape index (κ1) is 11.5. The predicted octanol–water partition coefficient (Wildman–Crippen LogP) is 0.623. The Kier molecular flexibility index (Phi) is 3.82. The van der Waals surface area contributed by atoms with Crippen molar-refractivity contribution in [3.8, 4) is 5.75 Å². The zero-order chi connectivity index (χ0) is 11.4. The fourth-order valence-corrected chi connectivity index (χ4v) is 1.68. The molecule has 1 aromatic rings. The van der Waals surface area contributed by atoms with E-state index in [0.717, 1.165) is 19.3 Å². The van der Waals surface area contributed by atoms with Crippen molar-refractivity contribution >= 4 is 12.6 Å². The molecule has 1 heterocycles. The molecule has 1 aliphatic rings. The Bertz CT molecular complexity index is 321.